The number of aromatic nitrogens is 5. The number of halogens is 5. The van der Waals surface area contributed by atoms with Crippen LogP contribution in [0.25, 0.3) is 49.2 Å². The van der Waals surface area contributed by atoms with E-state index in [0.717, 1.165) is 29.8 Å². The molecule has 0 spiro atoms. The normalized spacial score (nSPS) is 11.3. The van der Waals surface area contributed by atoms with Gasteiger partial charge < -0.3 is 78.8 Å². The molecule has 9 aromatic carbocycles. The number of phenolic OH excluding ortho intramolecular Hbond substituents is 1. The highest BCUT2D eigenvalue weighted by Gasteiger charge is 2.27. The van der Waals surface area contributed by atoms with Crippen LogP contribution in [-0.4, -0.2) is 122 Å². The summed E-state index contributed by atoms with van der Waals surface area (Å²) in [5, 5.41) is 63.3. The molecule has 0 aliphatic heterocycles. The van der Waals surface area contributed by atoms with Crippen LogP contribution in [0.4, 0.5) is 50.5 Å². The number of nitro groups is 2. The number of benzene rings is 9. The molecule has 0 bridgehead atoms. The molecule has 1 aliphatic carbocycles. The largest absolute Gasteiger partial charge is 0.504 e. The highest BCUT2D eigenvalue weighted by Crippen LogP contribution is 2.43. The molecule has 33 heteroatoms. The standard InChI is InChI=1S/C32H23F2N3O4.C18H15FN2O6.C18H17FN2O4.C16H11FN2O5/c33-21-4-1-19(2-5-21)24-8-3-20-11-13-36-32(30(20)31(24)39)37-22-6-10-29(26(34)17-22)41-28-12-14-35-27-18-23(40-16-15-38)7-9-25(27)28;1-25-17-9-12-14(10-18(17)26-7-6-22)20-5-4-15(12)27-16-3-2-11(21(23)24)8-13(16)19;1-23-17-9-12-14(10-18(17)24-7-6-22)21-5-4-15(12)25-16-3-2-11(20)8-13(16)19;1-23-16-7-10-12(8-13(16)20)18-5-4-14(10)24-15-3-2-9(19(21)22)6-11(15)17/h1-2,4-14,17-18,38H,3,15-16H2,(H,36,37);2-5,8-10,22H,6-7H2,1H3;2-5,8-10,22H,6-7,20H2,1H3;2-8,20H,1H3. The second-order valence-corrected chi connectivity index (χ2v) is 24.7. The number of Topliss-reactive ketones (excluding diaryl/α,β-unsaturated/α-hetero) is 1. The molecule has 0 atom stereocenters. The average Bonchev–Trinajstić information content (AvgIpc) is 0.846. The predicted octanol–water partition coefficient (Wildman–Crippen LogP) is 17.0. The van der Waals surface area contributed by atoms with Gasteiger partial charge in [0, 0.05) is 118 Å². The Bertz CT molecular complexity index is 6080. The molecule has 14 aromatic rings. The van der Waals surface area contributed by atoms with Crippen LogP contribution in [0.15, 0.2) is 219 Å². The van der Waals surface area contributed by atoms with Crippen LogP contribution >= 0.6 is 0 Å². The maximum absolute atomic E-state index is 15.2. The summed E-state index contributed by atoms with van der Waals surface area (Å²) in [6.07, 6.45) is 9.93. The number of methoxy groups -OCH3 is 3. The number of nitro benzene ring substituents is 2. The number of ketones is 1. The molecule has 28 nitrogen and oxygen atoms in total. The van der Waals surface area contributed by atoms with Gasteiger partial charge in [0.05, 0.1) is 90.8 Å². The molecule has 596 valence electrons. The van der Waals surface area contributed by atoms with Crippen molar-refractivity contribution < 1.29 is 104 Å². The van der Waals surface area contributed by atoms with E-state index in [1.807, 2.05) is 6.08 Å². The number of hydrogen-bond acceptors (Lipinski definition) is 26. The lowest BCUT2D eigenvalue weighted by molar-refractivity contribution is -0.385. The Labute approximate surface area is 659 Å². The maximum atomic E-state index is 15.2. The predicted molar refractivity (Wildman–Crippen MR) is 420 cm³/mol. The number of non-ortho nitro benzene ring substituents is 2. The summed E-state index contributed by atoms with van der Waals surface area (Å²) >= 11 is 0. The first-order valence-corrected chi connectivity index (χ1v) is 35.0. The monoisotopic (exact) mass is 1600 g/mol. The summed E-state index contributed by atoms with van der Waals surface area (Å²) in [5.74, 6) is 0.260. The molecule has 0 unspecified atom stereocenters. The van der Waals surface area contributed by atoms with E-state index in [1.165, 1.54) is 107 Å². The number of anilines is 3. The molecule has 5 heterocycles. The van der Waals surface area contributed by atoms with Gasteiger partial charge in [-0.3, -0.25) is 45.0 Å². The van der Waals surface area contributed by atoms with E-state index in [2.05, 4.69) is 30.2 Å². The summed E-state index contributed by atoms with van der Waals surface area (Å²) < 4.78 is 125. The summed E-state index contributed by atoms with van der Waals surface area (Å²) in [5.41, 5.74) is 9.86. The lowest BCUT2D eigenvalue weighted by atomic mass is 9.87. The zero-order valence-corrected chi connectivity index (χ0v) is 61.7. The van der Waals surface area contributed by atoms with Crippen LogP contribution in [0.3, 0.4) is 0 Å². The van der Waals surface area contributed by atoms with Gasteiger partial charge in [0.15, 0.2) is 86.5 Å². The Morgan fingerprint density at radius 3 is 1.34 bits per heavy atom. The molecule has 1 aliphatic rings. The summed E-state index contributed by atoms with van der Waals surface area (Å²) in [6, 6.07) is 43.4. The smallest absolute Gasteiger partial charge is 0.272 e. The van der Waals surface area contributed by atoms with Crippen molar-refractivity contribution in [2.75, 3.05) is 72.0 Å². The number of nitrogens with one attached hydrogen (secondary N) is 1. The first-order chi connectivity index (χ1) is 56.6. The van der Waals surface area contributed by atoms with Gasteiger partial charge in [0.25, 0.3) is 11.4 Å². The second kappa shape index (κ2) is 37.5. The van der Waals surface area contributed by atoms with Crippen LogP contribution in [0.2, 0.25) is 0 Å². The lowest BCUT2D eigenvalue weighted by Gasteiger charge is -2.19. The van der Waals surface area contributed by atoms with E-state index < -0.39 is 33.1 Å². The number of hydrogen-bond donors (Lipinski definition) is 6. The number of pyridine rings is 5. The fraction of sp³-hybridized carbons (Fsp3) is 0.119. The van der Waals surface area contributed by atoms with E-state index in [1.54, 1.807) is 104 Å². The quantitative estimate of drug-likeness (QED) is 0.0134. The molecule has 5 aromatic heterocycles. The number of rotatable bonds is 25. The highest BCUT2D eigenvalue weighted by atomic mass is 19.1. The fourth-order valence-corrected chi connectivity index (χ4v) is 11.7. The van der Waals surface area contributed by atoms with Gasteiger partial charge >= 0.3 is 0 Å². The number of ether oxygens (including phenoxy) is 10. The summed E-state index contributed by atoms with van der Waals surface area (Å²) in [4.78, 5) is 54.7. The first-order valence-electron chi connectivity index (χ1n) is 35.0. The minimum Gasteiger partial charge on any atom is -0.504 e. The number of carbonyl (C=O) groups excluding carboxylic acids is 1. The van der Waals surface area contributed by atoms with Crippen molar-refractivity contribution in [3.8, 4) is 86.2 Å². The topological polar surface area (TPSA) is 379 Å². The summed E-state index contributed by atoms with van der Waals surface area (Å²) in [7, 11) is 4.36. The molecule has 7 N–H and O–H groups in total. The molecule has 117 heavy (non-hydrogen) atoms. The third-order valence-corrected chi connectivity index (χ3v) is 17.2. The van der Waals surface area contributed by atoms with Crippen molar-refractivity contribution in [2.24, 2.45) is 0 Å². The third kappa shape index (κ3) is 19.5. The molecular formula is C84H66F5N9O19. The number of aliphatic hydroxyl groups excluding tert-OH is 3. The number of aliphatic hydroxyl groups is 3. The number of aromatic hydroxyl groups is 1. The Hall–Kier alpha value is -15.1. The van der Waals surface area contributed by atoms with Crippen LogP contribution in [0.5, 0.6) is 86.2 Å². The van der Waals surface area contributed by atoms with Gasteiger partial charge in [-0.25, -0.2) is 26.9 Å². The lowest BCUT2D eigenvalue weighted by Crippen LogP contribution is -2.15. The SMILES string of the molecule is COc1cc2c(Oc3ccc(N)cc3F)ccnc2cc1OCCO.COc1cc2c(Oc3ccc([N+](=O)[O-])cc3F)ccnc2cc1O.COc1cc2c(Oc3ccc([N+](=O)[O-])cc3F)ccnc2cc1OCCO.O=C1C(c2ccc(F)cc2)=CCc2ccnc(Nc3ccc(Oc4ccnc5cc(OCCO)ccc45)c(F)c3)c21. The van der Waals surface area contributed by atoms with Gasteiger partial charge in [-0.15, -0.1) is 0 Å². The number of nitrogen functional groups attached to an aromatic ring is 1. The van der Waals surface area contributed by atoms with Crippen molar-refractivity contribution in [1.82, 2.24) is 24.9 Å². The molecule has 0 saturated carbocycles. The van der Waals surface area contributed by atoms with Crippen LogP contribution < -0.4 is 58.4 Å². The number of nitrogens with two attached hydrogens (primary N) is 1. The zero-order valence-electron chi connectivity index (χ0n) is 61.7. The van der Waals surface area contributed by atoms with Crippen LogP contribution in [0.1, 0.15) is 21.5 Å². The van der Waals surface area contributed by atoms with Gasteiger partial charge in [0.2, 0.25) is 0 Å². The maximum Gasteiger partial charge on any atom is 0.272 e. The van der Waals surface area contributed by atoms with Gasteiger partial charge in [-0.1, -0.05) is 18.2 Å². The van der Waals surface area contributed by atoms with E-state index in [4.69, 9.17) is 68.4 Å². The minimum absolute atomic E-state index is 0.00399. The van der Waals surface area contributed by atoms with Crippen molar-refractivity contribution in [3.63, 3.8) is 0 Å². The first kappa shape index (κ1) is 81.4. The Morgan fingerprint density at radius 1 is 0.436 bits per heavy atom. The van der Waals surface area contributed by atoms with E-state index in [-0.39, 0.29) is 103 Å². The zero-order chi connectivity index (χ0) is 82.8. The number of phenols is 1. The highest BCUT2D eigenvalue weighted by molar-refractivity contribution is 6.32. The van der Waals surface area contributed by atoms with Gasteiger partial charge in [-0.05, 0) is 127 Å². The minimum atomic E-state index is -0.861. The Morgan fingerprint density at radius 2 is 0.872 bits per heavy atom. The number of carbonyl (C=O) groups is 1. The van der Waals surface area contributed by atoms with E-state index >= 15 is 4.39 Å². The van der Waals surface area contributed by atoms with Gasteiger partial charge in [0.1, 0.15) is 60.2 Å². The molecule has 0 saturated heterocycles. The number of fused-ring (bicyclic) bond motifs is 5. The molecule has 0 fully saturated rings. The fourth-order valence-electron chi connectivity index (χ4n) is 11.7. The molecule has 0 amide bonds. The number of allylic oxidation sites excluding steroid dienone is 2. The van der Waals surface area contributed by atoms with Gasteiger partial charge in [-0.2, -0.15) is 0 Å². The molecule has 15 rings (SSSR count). The van der Waals surface area contributed by atoms with E-state index in [0.29, 0.717) is 130 Å². The van der Waals surface area contributed by atoms with E-state index in [9.17, 15) is 47.7 Å². The molecular weight excluding hydrogens is 1530 g/mol. The van der Waals surface area contributed by atoms with Crippen LogP contribution in [-0.2, 0) is 6.42 Å². The van der Waals surface area contributed by atoms with Crippen LogP contribution in [0, 0.1) is 49.3 Å². The van der Waals surface area contributed by atoms with Crippen molar-refractivity contribution >= 4 is 83.5 Å². The Balaban J connectivity index is 0.000000148. The second-order valence-electron chi connectivity index (χ2n) is 24.7. The summed E-state index contributed by atoms with van der Waals surface area (Å²) in [6.45, 7) is 0.00691. The third-order valence-electron chi connectivity index (χ3n) is 17.2. The average molecular weight is 1600 g/mol. The van der Waals surface area contributed by atoms with Crippen molar-refractivity contribution in [3.05, 3.63) is 285 Å². The number of nitrogens with zero attached hydrogens (tertiary/aromatic N) is 7. The van der Waals surface area contributed by atoms with Crippen molar-refractivity contribution in [1.29, 1.82) is 0 Å². The Kier molecular flexibility index (Phi) is 26.1. The molecule has 0 radical (unpaired) electrons. The van der Waals surface area contributed by atoms with Crippen molar-refractivity contribution in [2.45, 2.75) is 6.42 Å².